The number of aliphatic carboxylic acids is 1. The number of nitrogens with one attached hydrogen (secondary N) is 1. The number of carboxylic acid groups (broad SMARTS) is 1. The summed E-state index contributed by atoms with van der Waals surface area (Å²) in [4.78, 5) is 35.8. The maximum absolute atomic E-state index is 12.9. The Bertz CT molecular complexity index is 1070. The van der Waals surface area contributed by atoms with Crippen LogP contribution in [0.1, 0.15) is 15.9 Å². The highest BCUT2D eigenvalue weighted by Crippen LogP contribution is 2.22. The van der Waals surface area contributed by atoms with E-state index in [2.05, 4.69) is 5.32 Å². The number of carbonyl (C=O) groups is 2. The Morgan fingerprint density at radius 1 is 1.19 bits per heavy atom. The van der Waals surface area contributed by atoms with Crippen LogP contribution in [0.2, 0.25) is 0 Å². The first-order chi connectivity index (χ1) is 12.9. The highest BCUT2D eigenvalue weighted by Gasteiger charge is 2.22. The first-order valence-electron chi connectivity index (χ1n) is 7.98. The van der Waals surface area contributed by atoms with Crippen LogP contribution < -0.4 is 15.6 Å². The number of fused-ring (bicyclic) bond motifs is 1. The average molecular weight is 371 g/mol. The average Bonchev–Trinajstić information content (AvgIpc) is 3.14. The number of carboxylic acids is 1. The zero-order valence-corrected chi connectivity index (χ0v) is 14.4. The summed E-state index contributed by atoms with van der Waals surface area (Å²) >= 11 is 0. The van der Waals surface area contributed by atoms with Gasteiger partial charge in [0.2, 0.25) is 0 Å². The van der Waals surface area contributed by atoms with E-state index >= 15 is 0 Å². The van der Waals surface area contributed by atoms with Crippen LogP contribution >= 0.6 is 0 Å². The molecule has 140 valence electrons. The number of ether oxygens (including phenoxy) is 1. The van der Waals surface area contributed by atoms with Crippen LogP contribution in [0.5, 0.6) is 11.5 Å². The molecule has 0 aliphatic rings. The molecule has 2 heterocycles. The molecule has 0 saturated carbocycles. The molecule has 0 aliphatic heterocycles. The molecular weight excluding hydrogens is 354 g/mol. The highest BCUT2D eigenvalue weighted by molar-refractivity contribution is 5.99. The van der Waals surface area contributed by atoms with Gasteiger partial charge in [0.15, 0.2) is 5.75 Å². The fourth-order valence-electron chi connectivity index (χ4n) is 2.73. The number of benzene rings is 1. The topological polar surface area (TPSA) is 122 Å². The fourth-order valence-corrected chi connectivity index (χ4v) is 2.73. The van der Waals surface area contributed by atoms with Gasteiger partial charge in [-0.15, -0.1) is 0 Å². The molecule has 0 spiro atoms. The van der Waals surface area contributed by atoms with Gasteiger partial charge in [0.1, 0.15) is 23.4 Å². The van der Waals surface area contributed by atoms with Crippen LogP contribution in [0.3, 0.4) is 0 Å². The quantitative estimate of drug-likeness (QED) is 0.586. The first kappa shape index (κ1) is 18.1. The molecule has 27 heavy (non-hydrogen) atoms. The molecule has 3 N–H and O–H groups in total. The van der Waals surface area contributed by atoms with Gasteiger partial charge in [0, 0.05) is 6.20 Å². The zero-order chi connectivity index (χ0) is 19.6. The Hall–Kier alpha value is -3.75. The van der Waals surface area contributed by atoms with Gasteiger partial charge in [-0.2, -0.15) is 0 Å². The van der Waals surface area contributed by atoms with E-state index in [1.165, 1.54) is 9.20 Å². The minimum absolute atomic E-state index is 0.132. The van der Waals surface area contributed by atoms with E-state index in [1.807, 2.05) is 0 Å². The maximum atomic E-state index is 12.9. The molecule has 0 aliphatic carbocycles. The predicted molar refractivity (Wildman–Crippen MR) is 95.4 cm³/mol. The monoisotopic (exact) mass is 371 g/mol. The molecule has 1 amide bonds. The van der Waals surface area contributed by atoms with E-state index in [9.17, 15) is 19.5 Å². The predicted octanol–water partition coefficient (Wildman–Crippen LogP) is 0.678. The lowest BCUT2D eigenvalue weighted by molar-refractivity contribution is -0.135. The fraction of sp³-hybridized carbons (Fsp3) is 0.167. The van der Waals surface area contributed by atoms with E-state index in [4.69, 9.17) is 9.84 Å². The van der Waals surface area contributed by atoms with E-state index in [0.29, 0.717) is 5.75 Å². The van der Waals surface area contributed by atoms with Crippen LogP contribution in [0.15, 0.2) is 47.4 Å². The first-order valence-corrected chi connectivity index (χ1v) is 7.98. The summed E-state index contributed by atoms with van der Waals surface area (Å²) in [5.74, 6) is -2.05. The second kappa shape index (κ2) is 7.24. The normalized spacial score (nSPS) is 10.7. The number of aromatic hydroxyl groups is 1. The Kier molecular flexibility index (Phi) is 4.84. The number of rotatable bonds is 6. The molecule has 0 unspecified atom stereocenters. The van der Waals surface area contributed by atoms with Crippen molar-refractivity contribution in [3.63, 3.8) is 0 Å². The maximum Gasteiger partial charge on any atom is 0.322 e. The van der Waals surface area contributed by atoms with E-state index in [-0.39, 0.29) is 12.1 Å². The van der Waals surface area contributed by atoms with Crippen molar-refractivity contribution in [3.8, 4) is 11.5 Å². The van der Waals surface area contributed by atoms with Gasteiger partial charge in [-0.25, -0.2) is 4.68 Å². The van der Waals surface area contributed by atoms with Crippen molar-refractivity contribution in [2.75, 3.05) is 13.7 Å². The molecule has 2 aromatic heterocycles. The molecule has 0 radical (unpaired) electrons. The number of nitrogens with zero attached hydrogens (tertiary/aromatic N) is 2. The van der Waals surface area contributed by atoms with Gasteiger partial charge in [-0.05, 0) is 29.8 Å². The molecule has 9 heteroatoms. The smallest absolute Gasteiger partial charge is 0.322 e. The lowest BCUT2D eigenvalue weighted by atomic mass is 10.2. The molecule has 0 fully saturated rings. The second-order valence-corrected chi connectivity index (χ2v) is 5.75. The van der Waals surface area contributed by atoms with Crippen molar-refractivity contribution < 1.29 is 24.5 Å². The third-order valence-electron chi connectivity index (χ3n) is 4.03. The van der Waals surface area contributed by atoms with E-state index < -0.39 is 35.3 Å². The molecule has 0 bridgehead atoms. The third kappa shape index (κ3) is 3.47. The van der Waals surface area contributed by atoms with E-state index in [0.717, 1.165) is 5.56 Å². The van der Waals surface area contributed by atoms with Gasteiger partial charge in [-0.3, -0.25) is 18.9 Å². The lowest BCUT2D eigenvalue weighted by Crippen LogP contribution is -2.37. The molecule has 3 rings (SSSR count). The zero-order valence-electron chi connectivity index (χ0n) is 14.4. The van der Waals surface area contributed by atoms with Crippen molar-refractivity contribution in [2.45, 2.75) is 6.54 Å². The van der Waals surface area contributed by atoms with Gasteiger partial charge in [0.05, 0.1) is 13.7 Å². The van der Waals surface area contributed by atoms with Gasteiger partial charge in [0.25, 0.3) is 11.5 Å². The van der Waals surface area contributed by atoms with Crippen LogP contribution in [0.25, 0.3) is 5.52 Å². The lowest BCUT2D eigenvalue weighted by Gasteiger charge is -2.14. The second-order valence-electron chi connectivity index (χ2n) is 5.75. The molecule has 0 saturated heterocycles. The van der Waals surface area contributed by atoms with Crippen molar-refractivity contribution in [2.24, 2.45) is 0 Å². The number of amides is 1. The minimum Gasteiger partial charge on any atom is -0.505 e. The number of hydrogen-bond donors (Lipinski definition) is 3. The number of carbonyl (C=O) groups excluding carboxylic acids is 1. The summed E-state index contributed by atoms with van der Waals surface area (Å²) in [6.45, 7) is -0.532. The summed E-state index contributed by atoms with van der Waals surface area (Å²) in [5, 5.41) is 21.2. The Balaban J connectivity index is 2.08. The minimum atomic E-state index is -1.26. The van der Waals surface area contributed by atoms with Crippen molar-refractivity contribution >= 4 is 17.4 Å². The Labute approximate surface area is 153 Å². The van der Waals surface area contributed by atoms with Crippen LogP contribution in [-0.2, 0) is 11.3 Å². The van der Waals surface area contributed by atoms with E-state index in [1.54, 1.807) is 49.7 Å². The summed E-state index contributed by atoms with van der Waals surface area (Å²) < 4.78 is 7.83. The van der Waals surface area contributed by atoms with Gasteiger partial charge < -0.3 is 20.3 Å². The van der Waals surface area contributed by atoms with Crippen molar-refractivity contribution in [3.05, 3.63) is 64.1 Å². The van der Waals surface area contributed by atoms with Gasteiger partial charge in [-0.1, -0.05) is 12.1 Å². The largest absolute Gasteiger partial charge is 0.505 e. The third-order valence-corrected chi connectivity index (χ3v) is 4.03. The van der Waals surface area contributed by atoms with Crippen molar-refractivity contribution in [1.82, 2.24) is 14.5 Å². The highest BCUT2D eigenvalue weighted by atomic mass is 16.5. The summed E-state index contributed by atoms with van der Waals surface area (Å²) in [6, 6.07) is 10.2. The van der Waals surface area contributed by atoms with Gasteiger partial charge >= 0.3 is 5.97 Å². The summed E-state index contributed by atoms with van der Waals surface area (Å²) in [7, 11) is 1.55. The Morgan fingerprint density at radius 3 is 2.52 bits per heavy atom. The SMILES string of the molecule is COc1ccc(Cn2c(=O)c(C(=O)NCC(=O)O)c(O)c3cccn32)cc1. The number of methoxy groups -OCH3 is 1. The molecule has 1 aromatic carbocycles. The van der Waals surface area contributed by atoms with Crippen LogP contribution in [-0.4, -0.2) is 44.9 Å². The number of hydrogen-bond acceptors (Lipinski definition) is 5. The summed E-state index contributed by atoms with van der Waals surface area (Å²) in [6.07, 6.45) is 1.58. The standard InChI is InChI=1S/C18H17N3O6/c1-27-12-6-4-11(5-7-12)10-21-18(26)15(17(25)19-9-14(22)23)16(24)13-3-2-8-20(13)21/h2-8,24H,9-10H2,1H3,(H,19,25)(H,22,23). The molecule has 0 atom stereocenters. The molecular formula is C18H17N3O6. The van der Waals surface area contributed by atoms with Crippen LogP contribution in [0.4, 0.5) is 0 Å². The Morgan fingerprint density at radius 2 is 1.89 bits per heavy atom. The number of aromatic nitrogens is 2. The summed E-state index contributed by atoms with van der Waals surface area (Å²) in [5.41, 5.74) is -0.218. The van der Waals surface area contributed by atoms with Crippen molar-refractivity contribution in [1.29, 1.82) is 0 Å². The molecule has 9 nitrogen and oxygen atoms in total. The molecule has 3 aromatic rings. The van der Waals surface area contributed by atoms with Crippen LogP contribution in [0, 0.1) is 0 Å².